The molecule has 0 spiro atoms. The first-order valence-electron chi connectivity index (χ1n) is 7.25. The lowest BCUT2D eigenvalue weighted by Gasteiger charge is -2.08. The zero-order valence-corrected chi connectivity index (χ0v) is 12.1. The smallest absolute Gasteiger partial charge is 0.320 e. The number of methoxy groups -OCH3 is 1. The predicted octanol–water partition coefficient (Wildman–Crippen LogP) is 2.25. The summed E-state index contributed by atoms with van der Waals surface area (Å²) in [7, 11) is 1.70. The highest BCUT2D eigenvalue weighted by Crippen LogP contribution is 2.22. The van der Waals surface area contributed by atoms with E-state index in [1.165, 1.54) is 12.8 Å². The van der Waals surface area contributed by atoms with Gasteiger partial charge in [-0.05, 0) is 30.9 Å². The lowest BCUT2D eigenvalue weighted by molar-refractivity contribution is 0.202. The summed E-state index contributed by atoms with van der Waals surface area (Å²) in [5, 5.41) is 14.6. The third-order valence-electron chi connectivity index (χ3n) is 3.42. The number of rotatable bonds is 8. The van der Waals surface area contributed by atoms with Gasteiger partial charge in [0.05, 0.1) is 13.2 Å². The molecule has 21 heavy (non-hydrogen) atoms. The monoisotopic (exact) mass is 288 g/mol. The molecule has 0 amide bonds. The van der Waals surface area contributed by atoms with Crippen LogP contribution in [0, 0.1) is 0 Å². The van der Waals surface area contributed by atoms with Crippen LogP contribution in [0.4, 0.5) is 11.7 Å². The van der Waals surface area contributed by atoms with Crippen molar-refractivity contribution < 1.29 is 9.15 Å². The van der Waals surface area contributed by atoms with E-state index in [0.717, 1.165) is 17.7 Å². The number of ether oxygens (including phenoxy) is 1. The van der Waals surface area contributed by atoms with Crippen molar-refractivity contribution in [2.75, 3.05) is 19.0 Å². The number of benzene rings is 1. The summed E-state index contributed by atoms with van der Waals surface area (Å²) in [6.45, 7) is 1.31. The van der Waals surface area contributed by atoms with Crippen LogP contribution in [0.1, 0.15) is 24.3 Å². The lowest BCUT2D eigenvalue weighted by Crippen LogP contribution is -2.15. The van der Waals surface area contributed by atoms with E-state index in [-0.39, 0.29) is 0 Å². The van der Waals surface area contributed by atoms with E-state index in [4.69, 9.17) is 9.15 Å². The number of hydrogen-bond donors (Lipinski definition) is 2. The average molecular weight is 288 g/mol. The van der Waals surface area contributed by atoms with Crippen LogP contribution in [-0.4, -0.2) is 30.0 Å². The molecule has 112 valence electrons. The molecule has 1 aliphatic rings. The quantitative estimate of drug-likeness (QED) is 0.776. The SMILES string of the molecule is COCCc1ccccc1Nc1nnc(CNC2CC2)o1. The molecule has 0 aliphatic heterocycles. The molecule has 1 fully saturated rings. The molecule has 1 heterocycles. The minimum Gasteiger partial charge on any atom is -0.406 e. The summed E-state index contributed by atoms with van der Waals surface area (Å²) >= 11 is 0. The molecule has 1 saturated carbocycles. The summed E-state index contributed by atoms with van der Waals surface area (Å²) in [4.78, 5) is 0. The van der Waals surface area contributed by atoms with E-state index in [9.17, 15) is 0 Å². The molecule has 1 aromatic carbocycles. The Hall–Kier alpha value is -1.92. The van der Waals surface area contributed by atoms with Gasteiger partial charge in [-0.15, -0.1) is 5.10 Å². The summed E-state index contributed by atoms with van der Waals surface area (Å²) in [5.74, 6) is 0.610. The fraction of sp³-hybridized carbons (Fsp3) is 0.467. The van der Waals surface area contributed by atoms with Crippen molar-refractivity contribution in [3.05, 3.63) is 35.7 Å². The van der Waals surface area contributed by atoms with Gasteiger partial charge in [-0.2, -0.15) is 0 Å². The number of para-hydroxylation sites is 1. The van der Waals surface area contributed by atoms with Gasteiger partial charge < -0.3 is 19.8 Å². The Labute approximate surface area is 123 Å². The molecule has 0 saturated heterocycles. The second kappa shape index (κ2) is 6.69. The van der Waals surface area contributed by atoms with Crippen LogP contribution in [0.2, 0.25) is 0 Å². The molecule has 1 aromatic heterocycles. The van der Waals surface area contributed by atoms with Crippen molar-refractivity contribution in [3.63, 3.8) is 0 Å². The van der Waals surface area contributed by atoms with Crippen LogP contribution in [0.25, 0.3) is 0 Å². The first-order valence-corrected chi connectivity index (χ1v) is 7.25. The zero-order valence-electron chi connectivity index (χ0n) is 12.1. The fourth-order valence-electron chi connectivity index (χ4n) is 2.08. The summed E-state index contributed by atoms with van der Waals surface area (Å²) in [5.41, 5.74) is 2.13. The number of hydrogen-bond acceptors (Lipinski definition) is 6. The van der Waals surface area contributed by atoms with E-state index in [1.807, 2.05) is 18.2 Å². The van der Waals surface area contributed by atoms with Crippen molar-refractivity contribution in [1.29, 1.82) is 0 Å². The van der Waals surface area contributed by atoms with Gasteiger partial charge >= 0.3 is 6.01 Å². The van der Waals surface area contributed by atoms with Gasteiger partial charge in [0, 0.05) is 18.8 Å². The third kappa shape index (κ3) is 4.03. The summed E-state index contributed by atoms with van der Waals surface area (Å²) < 4.78 is 10.7. The Morgan fingerprint density at radius 3 is 2.95 bits per heavy atom. The van der Waals surface area contributed by atoms with Crippen molar-refractivity contribution in [2.45, 2.75) is 31.8 Å². The van der Waals surface area contributed by atoms with Crippen LogP contribution in [-0.2, 0) is 17.7 Å². The topological polar surface area (TPSA) is 72.2 Å². The molecule has 6 heteroatoms. The van der Waals surface area contributed by atoms with Gasteiger partial charge in [-0.1, -0.05) is 23.3 Å². The molecule has 0 bridgehead atoms. The molecule has 3 rings (SSSR count). The van der Waals surface area contributed by atoms with Gasteiger partial charge in [0.25, 0.3) is 0 Å². The van der Waals surface area contributed by atoms with Gasteiger partial charge in [-0.3, -0.25) is 0 Å². The molecule has 0 radical (unpaired) electrons. The fourth-order valence-corrected chi connectivity index (χ4v) is 2.08. The number of nitrogens with zero attached hydrogens (tertiary/aromatic N) is 2. The Bertz CT molecular complexity index is 581. The van der Waals surface area contributed by atoms with Crippen LogP contribution in [0.5, 0.6) is 0 Å². The highest BCUT2D eigenvalue weighted by Gasteiger charge is 2.21. The lowest BCUT2D eigenvalue weighted by atomic mass is 10.1. The van der Waals surface area contributed by atoms with Gasteiger partial charge in [-0.25, -0.2) is 0 Å². The molecule has 0 unspecified atom stereocenters. The second-order valence-corrected chi connectivity index (χ2v) is 5.18. The molecular weight excluding hydrogens is 268 g/mol. The Kier molecular flexibility index (Phi) is 4.47. The largest absolute Gasteiger partial charge is 0.406 e. The highest BCUT2D eigenvalue weighted by atomic mass is 16.5. The van der Waals surface area contributed by atoms with Gasteiger partial charge in [0.15, 0.2) is 0 Å². The highest BCUT2D eigenvalue weighted by molar-refractivity contribution is 5.57. The average Bonchev–Trinajstić information content (AvgIpc) is 3.24. The second-order valence-electron chi connectivity index (χ2n) is 5.18. The molecular formula is C15H20N4O2. The Morgan fingerprint density at radius 1 is 1.29 bits per heavy atom. The third-order valence-corrected chi connectivity index (χ3v) is 3.42. The van der Waals surface area contributed by atoms with E-state index in [1.54, 1.807) is 7.11 Å². The summed E-state index contributed by atoms with van der Waals surface area (Å²) in [6.07, 6.45) is 3.32. The molecule has 2 N–H and O–H groups in total. The van der Waals surface area contributed by atoms with E-state index in [0.29, 0.717) is 31.1 Å². The minimum absolute atomic E-state index is 0.424. The Morgan fingerprint density at radius 2 is 2.14 bits per heavy atom. The van der Waals surface area contributed by atoms with Crippen LogP contribution < -0.4 is 10.6 Å². The van der Waals surface area contributed by atoms with Crippen molar-refractivity contribution in [3.8, 4) is 0 Å². The van der Waals surface area contributed by atoms with Gasteiger partial charge in [0.1, 0.15) is 0 Å². The van der Waals surface area contributed by atoms with Crippen LogP contribution in [0.15, 0.2) is 28.7 Å². The molecule has 1 aliphatic carbocycles. The van der Waals surface area contributed by atoms with Gasteiger partial charge in [0.2, 0.25) is 5.89 Å². The molecule has 0 atom stereocenters. The number of aromatic nitrogens is 2. The zero-order chi connectivity index (χ0) is 14.5. The van der Waals surface area contributed by atoms with E-state index < -0.39 is 0 Å². The normalized spacial score (nSPS) is 14.3. The maximum atomic E-state index is 5.60. The minimum atomic E-state index is 0.424. The van der Waals surface area contributed by atoms with E-state index >= 15 is 0 Å². The van der Waals surface area contributed by atoms with Crippen LogP contribution >= 0.6 is 0 Å². The van der Waals surface area contributed by atoms with Crippen molar-refractivity contribution in [1.82, 2.24) is 15.5 Å². The molecule has 6 nitrogen and oxygen atoms in total. The van der Waals surface area contributed by atoms with Crippen LogP contribution in [0.3, 0.4) is 0 Å². The van der Waals surface area contributed by atoms with Crippen molar-refractivity contribution in [2.24, 2.45) is 0 Å². The standard InChI is InChI=1S/C15H20N4O2/c1-20-9-8-11-4-2-3-5-13(11)17-15-19-18-14(21-15)10-16-12-6-7-12/h2-5,12,16H,6-10H2,1H3,(H,17,19). The predicted molar refractivity (Wildman–Crippen MR) is 79.5 cm³/mol. The molecule has 2 aromatic rings. The maximum absolute atomic E-state index is 5.60. The number of anilines is 2. The summed E-state index contributed by atoms with van der Waals surface area (Å²) in [6, 6.07) is 9.10. The maximum Gasteiger partial charge on any atom is 0.320 e. The van der Waals surface area contributed by atoms with E-state index in [2.05, 4.69) is 26.9 Å². The van der Waals surface area contributed by atoms with Crippen molar-refractivity contribution >= 4 is 11.7 Å². The number of nitrogens with one attached hydrogen (secondary N) is 2. The first-order chi connectivity index (χ1) is 10.3. The Balaban J connectivity index is 1.62. The first kappa shape index (κ1) is 14.0.